The van der Waals surface area contributed by atoms with Crippen LogP contribution in [-0.2, 0) is 4.79 Å². The summed E-state index contributed by atoms with van der Waals surface area (Å²) >= 11 is 5.88. The van der Waals surface area contributed by atoms with Crippen molar-refractivity contribution in [1.29, 1.82) is 0 Å². The topological polar surface area (TPSA) is 93.8 Å². The van der Waals surface area contributed by atoms with Crippen LogP contribution in [0.2, 0.25) is 5.02 Å². The molecule has 4 N–H and O–H groups in total. The maximum absolute atomic E-state index is 10.5. The Balaban J connectivity index is 2.68. The summed E-state index contributed by atoms with van der Waals surface area (Å²) in [5, 5.41) is 7.87. The number of hydrogen-bond donors (Lipinski definition) is 2. The van der Waals surface area contributed by atoms with Gasteiger partial charge in [0.05, 0.1) is 12.6 Å². The normalized spacial score (nSPS) is 11.9. The van der Waals surface area contributed by atoms with Gasteiger partial charge in [0, 0.05) is 10.6 Å². The number of halogens is 1. The van der Waals surface area contributed by atoms with E-state index in [0.29, 0.717) is 5.02 Å². The van der Waals surface area contributed by atoms with Gasteiger partial charge < -0.3 is 11.5 Å². The molecule has 16 heavy (non-hydrogen) atoms. The lowest BCUT2D eigenvalue weighted by molar-refractivity contribution is -0.116. The lowest BCUT2D eigenvalue weighted by Gasteiger charge is -1.95. The van der Waals surface area contributed by atoms with Crippen LogP contribution in [0.4, 0.5) is 0 Å². The number of amidine groups is 1. The molecule has 1 amide bonds. The van der Waals surface area contributed by atoms with Crippen LogP contribution in [0.25, 0.3) is 0 Å². The molecule has 0 spiro atoms. The Morgan fingerprint density at radius 2 is 2.06 bits per heavy atom. The Morgan fingerprint density at radius 1 is 1.38 bits per heavy atom. The molecule has 0 fully saturated rings. The standard InChI is InChI=1S/C10H11ClN4O/c11-8-4-2-1-3-7(8)6-14-15-9(12)5-10(13)16/h1-4,6H,5H2,(H2,12,15)(H2,13,16)/b14-6+. The predicted molar refractivity (Wildman–Crippen MR) is 64.5 cm³/mol. The number of primary amides is 1. The molecule has 0 saturated carbocycles. The molecule has 0 unspecified atom stereocenters. The van der Waals surface area contributed by atoms with E-state index in [1.807, 2.05) is 12.1 Å². The van der Waals surface area contributed by atoms with Crippen molar-refractivity contribution in [2.45, 2.75) is 6.42 Å². The van der Waals surface area contributed by atoms with E-state index in [1.54, 1.807) is 12.1 Å². The molecule has 0 aliphatic carbocycles. The fourth-order valence-corrected chi connectivity index (χ4v) is 1.14. The zero-order valence-corrected chi connectivity index (χ0v) is 9.19. The van der Waals surface area contributed by atoms with E-state index in [4.69, 9.17) is 23.1 Å². The molecule has 0 bridgehead atoms. The van der Waals surface area contributed by atoms with Gasteiger partial charge in [0.25, 0.3) is 0 Å². The van der Waals surface area contributed by atoms with Crippen LogP contribution in [0, 0.1) is 0 Å². The highest BCUT2D eigenvalue weighted by Gasteiger charge is 1.97. The van der Waals surface area contributed by atoms with Gasteiger partial charge in [0.1, 0.15) is 5.84 Å². The molecule has 1 rings (SSSR count). The van der Waals surface area contributed by atoms with Crippen molar-refractivity contribution in [2.24, 2.45) is 21.7 Å². The number of carbonyl (C=O) groups is 1. The zero-order valence-electron chi connectivity index (χ0n) is 8.43. The Morgan fingerprint density at radius 3 is 2.69 bits per heavy atom. The van der Waals surface area contributed by atoms with Crippen LogP contribution >= 0.6 is 11.6 Å². The number of carbonyl (C=O) groups excluding carboxylic acids is 1. The lowest BCUT2D eigenvalue weighted by atomic mass is 10.2. The minimum Gasteiger partial charge on any atom is -0.385 e. The number of hydrogen-bond acceptors (Lipinski definition) is 3. The average molecular weight is 239 g/mol. The van der Waals surface area contributed by atoms with E-state index in [2.05, 4.69) is 10.2 Å². The molecule has 0 atom stereocenters. The molecule has 84 valence electrons. The lowest BCUT2D eigenvalue weighted by Crippen LogP contribution is -2.21. The summed E-state index contributed by atoms with van der Waals surface area (Å²) in [5.74, 6) is -0.481. The van der Waals surface area contributed by atoms with Crippen molar-refractivity contribution in [3.05, 3.63) is 34.9 Å². The van der Waals surface area contributed by atoms with Gasteiger partial charge in [-0.3, -0.25) is 4.79 Å². The second-order valence-electron chi connectivity index (χ2n) is 3.00. The first kappa shape index (κ1) is 12.2. The number of nitrogens with two attached hydrogens (primary N) is 2. The van der Waals surface area contributed by atoms with Crippen LogP contribution in [0.5, 0.6) is 0 Å². The molecule has 6 heteroatoms. The first-order valence-corrected chi connectivity index (χ1v) is 4.85. The Hall–Kier alpha value is -1.88. The molecule has 0 aliphatic rings. The first-order chi connectivity index (χ1) is 7.59. The third kappa shape index (κ3) is 4.10. The SMILES string of the molecule is NC(=O)C/C(N)=N/N=C/c1ccccc1Cl. The summed E-state index contributed by atoms with van der Waals surface area (Å²) in [4.78, 5) is 10.5. The van der Waals surface area contributed by atoms with Crippen molar-refractivity contribution in [2.75, 3.05) is 0 Å². The van der Waals surface area contributed by atoms with E-state index in [0.717, 1.165) is 5.56 Å². The molecule has 1 aromatic rings. The fraction of sp³-hybridized carbons (Fsp3) is 0.100. The predicted octanol–water partition coefficient (Wildman–Crippen LogP) is 0.907. The van der Waals surface area contributed by atoms with E-state index in [1.165, 1.54) is 6.21 Å². The summed E-state index contributed by atoms with van der Waals surface area (Å²) in [5.41, 5.74) is 11.0. The molecule has 0 heterocycles. The fourth-order valence-electron chi connectivity index (χ4n) is 0.959. The van der Waals surface area contributed by atoms with Gasteiger partial charge in [0.15, 0.2) is 0 Å². The average Bonchev–Trinajstić information content (AvgIpc) is 2.19. The van der Waals surface area contributed by atoms with Crippen LogP contribution in [0.15, 0.2) is 34.5 Å². The minimum absolute atomic E-state index is 0.0656. The molecule has 1 aromatic carbocycles. The highest BCUT2D eigenvalue weighted by Crippen LogP contribution is 2.12. The van der Waals surface area contributed by atoms with Crippen molar-refractivity contribution < 1.29 is 4.79 Å². The van der Waals surface area contributed by atoms with Crippen LogP contribution in [0.3, 0.4) is 0 Å². The summed E-state index contributed by atoms with van der Waals surface area (Å²) in [6.45, 7) is 0. The van der Waals surface area contributed by atoms with Gasteiger partial charge in [-0.25, -0.2) is 0 Å². The molecule has 0 aliphatic heterocycles. The Labute approximate surface area is 97.8 Å². The molecular weight excluding hydrogens is 228 g/mol. The number of benzene rings is 1. The largest absolute Gasteiger partial charge is 0.385 e. The zero-order chi connectivity index (χ0) is 12.0. The number of rotatable bonds is 4. The van der Waals surface area contributed by atoms with E-state index < -0.39 is 5.91 Å². The van der Waals surface area contributed by atoms with Gasteiger partial charge in [0.2, 0.25) is 5.91 Å². The number of nitrogens with zero attached hydrogens (tertiary/aromatic N) is 2. The summed E-state index contributed by atoms with van der Waals surface area (Å²) in [7, 11) is 0. The Kier molecular flexibility index (Phi) is 4.47. The third-order valence-corrected chi connectivity index (χ3v) is 1.99. The van der Waals surface area contributed by atoms with Gasteiger partial charge in [-0.1, -0.05) is 29.8 Å². The van der Waals surface area contributed by atoms with E-state index >= 15 is 0 Å². The monoisotopic (exact) mass is 238 g/mol. The van der Waals surface area contributed by atoms with Crippen LogP contribution in [-0.4, -0.2) is 18.0 Å². The molecule has 5 nitrogen and oxygen atoms in total. The van der Waals surface area contributed by atoms with Crippen molar-refractivity contribution in [3.8, 4) is 0 Å². The molecule has 0 aromatic heterocycles. The summed E-state index contributed by atoms with van der Waals surface area (Å²) in [6.07, 6.45) is 1.34. The second kappa shape index (κ2) is 5.87. The van der Waals surface area contributed by atoms with Gasteiger partial charge in [-0.05, 0) is 6.07 Å². The van der Waals surface area contributed by atoms with Crippen molar-refractivity contribution in [1.82, 2.24) is 0 Å². The smallest absolute Gasteiger partial charge is 0.225 e. The Bertz CT molecular complexity index is 442. The van der Waals surface area contributed by atoms with Crippen molar-refractivity contribution in [3.63, 3.8) is 0 Å². The van der Waals surface area contributed by atoms with Gasteiger partial charge in [-0.2, -0.15) is 5.10 Å². The van der Waals surface area contributed by atoms with Gasteiger partial charge >= 0.3 is 0 Å². The first-order valence-electron chi connectivity index (χ1n) is 4.48. The van der Waals surface area contributed by atoms with Crippen LogP contribution < -0.4 is 11.5 Å². The quantitative estimate of drug-likeness (QED) is 0.463. The molecular formula is C10H11ClN4O. The van der Waals surface area contributed by atoms with E-state index in [9.17, 15) is 4.79 Å². The van der Waals surface area contributed by atoms with Gasteiger partial charge in [-0.15, -0.1) is 5.10 Å². The van der Waals surface area contributed by atoms with Crippen molar-refractivity contribution >= 4 is 29.6 Å². The number of amides is 1. The summed E-state index contributed by atoms with van der Waals surface area (Å²) < 4.78 is 0. The second-order valence-corrected chi connectivity index (χ2v) is 3.41. The maximum atomic E-state index is 10.5. The summed E-state index contributed by atoms with van der Waals surface area (Å²) in [6, 6.07) is 7.15. The minimum atomic E-state index is -0.547. The molecule has 0 radical (unpaired) electrons. The maximum Gasteiger partial charge on any atom is 0.225 e. The highest BCUT2D eigenvalue weighted by molar-refractivity contribution is 6.33. The highest BCUT2D eigenvalue weighted by atomic mass is 35.5. The third-order valence-electron chi connectivity index (χ3n) is 1.64. The van der Waals surface area contributed by atoms with E-state index in [-0.39, 0.29) is 12.3 Å². The molecule has 0 saturated heterocycles. The van der Waals surface area contributed by atoms with Crippen LogP contribution in [0.1, 0.15) is 12.0 Å².